The fraction of sp³-hybridized carbons (Fsp3) is 0.394. The first-order valence-corrected chi connectivity index (χ1v) is 14.8. The number of fused-ring (bicyclic) bond motifs is 5. The molecule has 2 aromatic carbocycles. The molecule has 214 valence electrons. The maximum absolute atomic E-state index is 13.2. The normalized spacial score (nSPS) is 19.2. The van der Waals surface area contributed by atoms with E-state index in [1.54, 1.807) is 43.3 Å². The van der Waals surface area contributed by atoms with Crippen LogP contribution in [0.2, 0.25) is 5.02 Å². The summed E-state index contributed by atoms with van der Waals surface area (Å²) < 4.78 is 13.9. The molecule has 8 heteroatoms. The van der Waals surface area contributed by atoms with E-state index in [1.165, 1.54) is 0 Å². The van der Waals surface area contributed by atoms with Crippen LogP contribution in [0.5, 0.6) is 5.75 Å². The number of aliphatic hydroxyl groups is 1. The highest BCUT2D eigenvalue weighted by molar-refractivity contribution is 6.30. The molecule has 0 amide bonds. The van der Waals surface area contributed by atoms with Crippen LogP contribution < -0.4 is 15.7 Å². The van der Waals surface area contributed by atoms with E-state index < -0.39 is 0 Å². The summed E-state index contributed by atoms with van der Waals surface area (Å²) in [6.45, 7) is 5.56. The van der Waals surface area contributed by atoms with Gasteiger partial charge in [0.25, 0.3) is 5.56 Å². The van der Waals surface area contributed by atoms with Gasteiger partial charge >= 0.3 is 0 Å². The molecule has 6 rings (SSSR count). The van der Waals surface area contributed by atoms with Crippen molar-refractivity contribution in [2.45, 2.75) is 51.2 Å². The number of aromatic nitrogens is 1. The number of benzene rings is 2. The number of aliphatic hydroxyl groups excluding tert-OH is 1. The van der Waals surface area contributed by atoms with E-state index in [2.05, 4.69) is 11.0 Å². The number of rotatable bonds is 9. The molecule has 7 nitrogen and oxygen atoms in total. The van der Waals surface area contributed by atoms with Gasteiger partial charge in [0.1, 0.15) is 17.1 Å². The van der Waals surface area contributed by atoms with E-state index in [1.807, 2.05) is 22.8 Å². The molecule has 1 saturated heterocycles. The van der Waals surface area contributed by atoms with Crippen LogP contribution in [-0.2, 0) is 6.54 Å². The third-order valence-corrected chi connectivity index (χ3v) is 8.65. The van der Waals surface area contributed by atoms with Gasteiger partial charge in [-0.25, -0.2) is 0 Å². The minimum Gasteiger partial charge on any atom is -0.493 e. The first-order chi connectivity index (χ1) is 19.9. The lowest BCUT2D eigenvalue weighted by molar-refractivity contribution is 0.0571. The van der Waals surface area contributed by atoms with Gasteiger partial charge in [0.15, 0.2) is 0 Å². The Balaban J connectivity index is 0.988. The zero-order chi connectivity index (χ0) is 28.5. The Morgan fingerprint density at radius 3 is 2.71 bits per heavy atom. The highest BCUT2D eigenvalue weighted by Gasteiger charge is 2.34. The average molecular weight is 575 g/mol. The lowest BCUT2D eigenvalue weighted by Gasteiger charge is -2.43. The summed E-state index contributed by atoms with van der Waals surface area (Å²) in [5.41, 5.74) is 2.96. The fourth-order valence-corrected chi connectivity index (χ4v) is 6.66. The molecule has 0 spiro atoms. The van der Waals surface area contributed by atoms with Crippen molar-refractivity contribution in [3.8, 4) is 16.9 Å². The third-order valence-electron chi connectivity index (χ3n) is 8.40. The number of hydrogen-bond donors (Lipinski definition) is 1. The van der Waals surface area contributed by atoms with Crippen molar-refractivity contribution >= 4 is 22.6 Å². The molecule has 2 aromatic heterocycles. The first-order valence-electron chi connectivity index (χ1n) is 14.4. The molecular weight excluding hydrogens is 540 g/mol. The maximum atomic E-state index is 13.2. The molecule has 1 unspecified atom stereocenters. The molecule has 41 heavy (non-hydrogen) atoms. The lowest BCUT2D eigenvalue weighted by atomic mass is 9.83. The van der Waals surface area contributed by atoms with Gasteiger partial charge < -0.3 is 18.8 Å². The number of pyridine rings is 1. The predicted octanol–water partition coefficient (Wildman–Crippen LogP) is 5.61. The van der Waals surface area contributed by atoms with Crippen LogP contribution in [0.3, 0.4) is 0 Å². The number of aryl methyl sites for hydroxylation is 1. The molecule has 2 bridgehead atoms. The van der Waals surface area contributed by atoms with Crippen LogP contribution in [0.1, 0.15) is 43.1 Å². The summed E-state index contributed by atoms with van der Waals surface area (Å²) in [5, 5.41) is 11.8. The highest BCUT2D eigenvalue weighted by atomic mass is 35.5. The van der Waals surface area contributed by atoms with Crippen molar-refractivity contribution in [3.05, 3.63) is 97.7 Å². The Bertz CT molecular complexity index is 1660. The van der Waals surface area contributed by atoms with Crippen LogP contribution in [-0.4, -0.2) is 46.9 Å². The quantitative estimate of drug-likeness (QED) is 0.261. The number of unbranched alkanes of at least 4 members (excludes halogenated alkanes) is 1. The van der Waals surface area contributed by atoms with Crippen molar-refractivity contribution in [1.29, 1.82) is 0 Å². The summed E-state index contributed by atoms with van der Waals surface area (Å²) in [7, 11) is 0. The highest BCUT2D eigenvalue weighted by Crippen LogP contribution is 2.35. The molecule has 4 aromatic rings. The first kappa shape index (κ1) is 27.8. The number of hydrogen-bond acceptors (Lipinski definition) is 6. The number of β-amino-alcohol motifs (C(OH)–C–C–N with tert-alkyl or cyclic N) is 1. The number of ether oxygens (including phenoxy) is 1. The van der Waals surface area contributed by atoms with Crippen molar-refractivity contribution in [2.24, 2.45) is 5.92 Å². The predicted molar refractivity (Wildman–Crippen MR) is 161 cm³/mol. The third kappa shape index (κ3) is 5.98. The molecule has 2 aliphatic heterocycles. The summed E-state index contributed by atoms with van der Waals surface area (Å²) in [5.74, 6) is 2.02. The second-order valence-electron chi connectivity index (χ2n) is 11.4. The summed E-state index contributed by atoms with van der Waals surface area (Å²) in [6.07, 6.45) is 3.11. The Hall–Kier alpha value is -3.39. The molecule has 1 fully saturated rings. The number of piperidine rings is 1. The van der Waals surface area contributed by atoms with Gasteiger partial charge in [0.05, 0.1) is 23.7 Å². The van der Waals surface area contributed by atoms with Crippen LogP contribution in [0.15, 0.2) is 74.7 Å². The monoisotopic (exact) mass is 574 g/mol. The molecule has 0 saturated carbocycles. The molecule has 1 N–H and O–H groups in total. The molecule has 0 radical (unpaired) electrons. The molecule has 2 aliphatic rings. The molecule has 0 aliphatic carbocycles. The van der Waals surface area contributed by atoms with Crippen molar-refractivity contribution in [3.63, 3.8) is 0 Å². The van der Waals surface area contributed by atoms with E-state index in [-0.39, 0.29) is 17.1 Å². The lowest BCUT2D eigenvalue weighted by Crippen LogP contribution is -2.48. The summed E-state index contributed by atoms with van der Waals surface area (Å²) in [6, 6.07) is 18.1. The number of halogens is 1. The number of nitrogens with zero attached hydrogens (tertiary/aromatic N) is 2. The smallest absolute Gasteiger partial charge is 0.250 e. The molecular formula is C33H35ClN2O5. The standard InChI is InChI=1S/C33H35ClN2O5/c1-21-32(23-8-10-25(34)11-9-23)33(39)28-13-12-27(16-30(28)41-21)40-14-3-2-5-26(37)20-35-17-22-15-24(19-35)29-6-4-7-31(38)36(29)18-22/h4,6-13,16,22,24,26,37H,2-3,5,14-15,17-20H2,1H3/t22-,24-,26?/m0/s1. The Kier molecular flexibility index (Phi) is 8.02. The topological polar surface area (TPSA) is 84.9 Å². The molecule has 3 atom stereocenters. The second-order valence-corrected chi connectivity index (χ2v) is 11.9. The van der Waals surface area contributed by atoms with Crippen LogP contribution in [0, 0.1) is 12.8 Å². The Morgan fingerprint density at radius 2 is 1.88 bits per heavy atom. The van der Waals surface area contributed by atoms with Gasteiger partial charge in [0, 0.05) is 54.9 Å². The average Bonchev–Trinajstić information content (AvgIpc) is 2.94. The van der Waals surface area contributed by atoms with Gasteiger partial charge in [-0.15, -0.1) is 0 Å². The second kappa shape index (κ2) is 11.8. The van der Waals surface area contributed by atoms with E-state index in [9.17, 15) is 14.7 Å². The molecule has 4 heterocycles. The Morgan fingerprint density at radius 1 is 1.05 bits per heavy atom. The van der Waals surface area contributed by atoms with E-state index in [0.29, 0.717) is 64.5 Å². The fourth-order valence-electron chi connectivity index (χ4n) is 6.53. The van der Waals surface area contributed by atoms with Crippen molar-refractivity contribution in [2.75, 3.05) is 26.2 Å². The SMILES string of the molecule is Cc1oc2cc(OCCCCC(O)CN3C[C@@H]4C[C@@H](C3)c3cccc(=O)n3C4)ccc2c(=O)c1-c1ccc(Cl)cc1. The van der Waals surface area contributed by atoms with Crippen LogP contribution in [0.4, 0.5) is 0 Å². The zero-order valence-electron chi connectivity index (χ0n) is 23.2. The van der Waals surface area contributed by atoms with E-state index in [0.717, 1.165) is 50.2 Å². The van der Waals surface area contributed by atoms with Gasteiger partial charge in [-0.2, -0.15) is 0 Å². The number of likely N-dealkylation sites (tertiary alicyclic amines) is 1. The van der Waals surface area contributed by atoms with Gasteiger partial charge in [0.2, 0.25) is 5.43 Å². The van der Waals surface area contributed by atoms with Crippen molar-refractivity contribution < 1.29 is 14.3 Å². The minimum atomic E-state index is -0.389. The van der Waals surface area contributed by atoms with Crippen LogP contribution in [0.25, 0.3) is 22.1 Å². The maximum Gasteiger partial charge on any atom is 0.250 e. The van der Waals surface area contributed by atoms with Crippen LogP contribution >= 0.6 is 11.6 Å². The Labute approximate surface area is 243 Å². The van der Waals surface area contributed by atoms with E-state index >= 15 is 0 Å². The summed E-state index contributed by atoms with van der Waals surface area (Å²) in [4.78, 5) is 27.8. The van der Waals surface area contributed by atoms with Gasteiger partial charge in [-0.05, 0) is 74.4 Å². The minimum absolute atomic E-state index is 0.0814. The summed E-state index contributed by atoms with van der Waals surface area (Å²) >= 11 is 6.00. The van der Waals surface area contributed by atoms with E-state index in [4.69, 9.17) is 20.8 Å². The van der Waals surface area contributed by atoms with Crippen molar-refractivity contribution in [1.82, 2.24) is 9.47 Å². The van der Waals surface area contributed by atoms with Gasteiger partial charge in [-0.3, -0.25) is 14.5 Å². The van der Waals surface area contributed by atoms with Gasteiger partial charge in [-0.1, -0.05) is 29.8 Å². The zero-order valence-corrected chi connectivity index (χ0v) is 24.0. The largest absolute Gasteiger partial charge is 0.493 e.